The van der Waals surface area contributed by atoms with Crippen molar-refractivity contribution in [2.24, 2.45) is 4.99 Å². The molecule has 0 unspecified atom stereocenters. The van der Waals surface area contributed by atoms with Gasteiger partial charge in [-0.2, -0.15) is 15.4 Å². The molecule has 1 aromatic heterocycles. The number of H-pyrrole nitrogens is 1. The van der Waals surface area contributed by atoms with Crippen molar-refractivity contribution in [1.29, 1.82) is 0 Å². The Bertz CT molecular complexity index is 605. The molecule has 0 spiro atoms. The molecule has 0 aliphatic carbocycles. The largest absolute Gasteiger partial charge is 0.259 e. The Morgan fingerprint density at radius 1 is 1.11 bits per heavy atom. The zero-order valence-corrected chi connectivity index (χ0v) is 10.2. The molecule has 1 aromatic carbocycles. The summed E-state index contributed by atoms with van der Waals surface area (Å²) in [6, 6.07) is 8.43. The van der Waals surface area contributed by atoms with Gasteiger partial charge in [-0.1, -0.05) is 37.3 Å². The van der Waals surface area contributed by atoms with E-state index in [1.54, 1.807) is 0 Å². The molecule has 0 radical (unpaired) electrons. The molecule has 2 heterocycles. The van der Waals surface area contributed by atoms with Crippen LogP contribution in [0.4, 0.5) is 0 Å². The number of nitrogens with zero attached hydrogens (tertiary/aromatic N) is 3. The highest BCUT2D eigenvalue weighted by atomic mass is 15.3. The monoisotopic (exact) mass is 238 g/mol. The second-order valence-electron chi connectivity index (χ2n) is 4.24. The molecule has 1 aliphatic heterocycles. The van der Waals surface area contributed by atoms with Crippen LogP contribution in [0.25, 0.3) is 11.3 Å². The molecule has 4 heteroatoms. The molecule has 2 aromatic rings. The summed E-state index contributed by atoms with van der Waals surface area (Å²) in [5.41, 5.74) is 5.09. The zero-order chi connectivity index (χ0) is 12.4. The van der Waals surface area contributed by atoms with Crippen molar-refractivity contribution in [3.8, 4) is 11.3 Å². The highest BCUT2D eigenvalue weighted by molar-refractivity contribution is 6.05. The van der Waals surface area contributed by atoms with Crippen LogP contribution in [0.2, 0.25) is 0 Å². The van der Waals surface area contributed by atoms with Crippen molar-refractivity contribution in [1.82, 2.24) is 15.4 Å². The second-order valence-corrected chi connectivity index (χ2v) is 4.24. The lowest BCUT2D eigenvalue weighted by molar-refractivity contribution is 0.938. The lowest BCUT2D eigenvalue weighted by atomic mass is 10.0. The number of rotatable bonds is 3. The van der Waals surface area contributed by atoms with Crippen LogP contribution in [0.3, 0.4) is 0 Å². The summed E-state index contributed by atoms with van der Waals surface area (Å²) in [6.45, 7) is 2.15. The number of benzene rings is 1. The molecule has 90 valence electrons. The van der Waals surface area contributed by atoms with E-state index in [0.29, 0.717) is 0 Å². The molecule has 4 nitrogen and oxygen atoms in total. The quantitative estimate of drug-likeness (QED) is 0.893. The van der Waals surface area contributed by atoms with Gasteiger partial charge in [0.25, 0.3) is 0 Å². The summed E-state index contributed by atoms with van der Waals surface area (Å²) in [4.78, 5) is 4.31. The second kappa shape index (κ2) is 4.56. The molecule has 0 bridgehead atoms. The Hall–Kier alpha value is -2.23. The smallest absolute Gasteiger partial charge is 0.135 e. The van der Waals surface area contributed by atoms with Gasteiger partial charge in [-0.05, 0) is 12.0 Å². The van der Waals surface area contributed by atoms with Gasteiger partial charge in [0.05, 0.1) is 5.71 Å². The summed E-state index contributed by atoms with van der Waals surface area (Å²) in [6.07, 6.45) is 5.71. The maximum Gasteiger partial charge on any atom is 0.135 e. The van der Waals surface area contributed by atoms with E-state index >= 15 is 0 Å². The Morgan fingerprint density at radius 3 is 2.56 bits per heavy atom. The molecule has 1 N–H and O–H groups in total. The van der Waals surface area contributed by atoms with Gasteiger partial charge in [0.15, 0.2) is 0 Å². The molecular weight excluding hydrogens is 224 g/mol. The SMILES string of the molecule is CCc1ccc(-c2n[nH]nc2C2=NC=CC2)cc1. The molecule has 1 aliphatic rings. The number of aromatic amines is 1. The van der Waals surface area contributed by atoms with Gasteiger partial charge in [0, 0.05) is 18.2 Å². The minimum absolute atomic E-state index is 0.826. The first-order valence-electron chi connectivity index (χ1n) is 6.10. The van der Waals surface area contributed by atoms with E-state index in [-0.39, 0.29) is 0 Å². The maximum absolute atomic E-state index is 4.31. The van der Waals surface area contributed by atoms with Crippen molar-refractivity contribution in [3.05, 3.63) is 47.8 Å². The van der Waals surface area contributed by atoms with E-state index in [0.717, 1.165) is 35.5 Å². The summed E-state index contributed by atoms with van der Waals surface area (Å²) < 4.78 is 0. The number of hydrogen-bond acceptors (Lipinski definition) is 3. The number of allylic oxidation sites excluding steroid dienone is 1. The molecule has 18 heavy (non-hydrogen) atoms. The van der Waals surface area contributed by atoms with E-state index in [9.17, 15) is 0 Å². The van der Waals surface area contributed by atoms with Gasteiger partial charge in [0.1, 0.15) is 11.4 Å². The third kappa shape index (κ3) is 1.86. The van der Waals surface area contributed by atoms with Crippen molar-refractivity contribution >= 4 is 5.71 Å². The Labute approximate surface area is 105 Å². The summed E-state index contributed by atoms with van der Waals surface area (Å²) in [7, 11) is 0. The average Bonchev–Trinajstić information content (AvgIpc) is 3.09. The molecule has 3 rings (SSSR count). The highest BCUT2D eigenvalue weighted by Crippen LogP contribution is 2.23. The van der Waals surface area contributed by atoms with Gasteiger partial charge >= 0.3 is 0 Å². The third-order valence-electron chi connectivity index (χ3n) is 3.10. The normalized spacial score (nSPS) is 13.9. The first-order valence-corrected chi connectivity index (χ1v) is 6.10. The van der Waals surface area contributed by atoms with Crippen LogP contribution in [0.15, 0.2) is 41.5 Å². The predicted molar refractivity (Wildman–Crippen MR) is 71.5 cm³/mol. The molecule has 0 atom stereocenters. The average molecular weight is 238 g/mol. The van der Waals surface area contributed by atoms with Crippen molar-refractivity contribution in [3.63, 3.8) is 0 Å². The lowest BCUT2D eigenvalue weighted by Crippen LogP contribution is -1.99. The zero-order valence-electron chi connectivity index (χ0n) is 10.2. The molecule has 0 amide bonds. The third-order valence-corrected chi connectivity index (χ3v) is 3.10. The van der Waals surface area contributed by atoms with Gasteiger partial charge in [-0.3, -0.25) is 4.99 Å². The number of aliphatic imine (C=N–C) groups is 1. The molecule has 0 saturated carbocycles. The molecule has 0 fully saturated rings. The summed E-state index contributed by atoms with van der Waals surface area (Å²) in [5, 5.41) is 11.1. The maximum atomic E-state index is 4.31. The van der Waals surface area contributed by atoms with Crippen LogP contribution in [0.5, 0.6) is 0 Å². The Morgan fingerprint density at radius 2 is 1.89 bits per heavy atom. The topological polar surface area (TPSA) is 53.9 Å². The Balaban J connectivity index is 1.98. The minimum Gasteiger partial charge on any atom is -0.259 e. The first-order chi connectivity index (χ1) is 8.88. The van der Waals surface area contributed by atoms with Crippen LogP contribution in [-0.2, 0) is 6.42 Å². The Kier molecular flexibility index (Phi) is 2.76. The summed E-state index contributed by atoms with van der Waals surface area (Å²) in [5.74, 6) is 0. The number of aromatic nitrogens is 3. The molecular formula is C14H14N4. The van der Waals surface area contributed by atoms with Crippen LogP contribution in [-0.4, -0.2) is 21.1 Å². The van der Waals surface area contributed by atoms with Gasteiger partial charge in [-0.15, -0.1) is 0 Å². The van der Waals surface area contributed by atoms with Crippen LogP contribution in [0.1, 0.15) is 24.6 Å². The fourth-order valence-corrected chi connectivity index (χ4v) is 2.05. The van der Waals surface area contributed by atoms with Crippen molar-refractivity contribution in [2.45, 2.75) is 19.8 Å². The van der Waals surface area contributed by atoms with E-state index in [2.05, 4.69) is 51.6 Å². The van der Waals surface area contributed by atoms with Crippen molar-refractivity contribution in [2.75, 3.05) is 0 Å². The predicted octanol–water partition coefficient (Wildman–Crippen LogP) is 2.74. The van der Waals surface area contributed by atoms with Crippen LogP contribution >= 0.6 is 0 Å². The standard InChI is InChI=1S/C14H14N4/c1-2-10-5-7-11(8-6-10)13-14(17-18-16-13)12-4-3-9-15-12/h3,5-9H,2,4H2,1H3,(H,16,17,18). The highest BCUT2D eigenvalue weighted by Gasteiger charge is 2.16. The lowest BCUT2D eigenvalue weighted by Gasteiger charge is -2.02. The van der Waals surface area contributed by atoms with Gasteiger partial charge in [0.2, 0.25) is 0 Å². The number of nitrogens with one attached hydrogen (secondary N) is 1. The van der Waals surface area contributed by atoms with E-state index in [4.69, 9.17) is 0 Å². The minimum atomic E-state index is 0.826. The van der Waals surface area contributed by atoms with Crippen LogP contribution in [0, 0.1) is 0 Å². The van der Waals surface area contributed by atoms with E-state index in [1.807, 2.05) is 12.3 Å². The fraction of sp³-hybridized carbons (Fsp3) is 0.214. The van der Waals surface area contributed by atoms with Gasteiger partial charge < -0.3 is 0 Å². The fourth-order valence-electron chi connectivity index (χ4n) is 2.05. The number of hydrogen-bond donors (Lipinski definition) is 1. The summed E-state index contributed by atoms with van der Waals surface area (Å²) >= 11 is 0. The van der Waals surface area contributed by atoms with Crippen LogP contribution < -0.4 is 0 Å². The first kappa shape index (κ1) is 10.9. The number of aryl methyl sites for hydroxylation is 1. The van der Waals surface area contributed by atoms with Gasteiger partial charge in [-0.25, -0.2) is 0 Å². The van der Waals surface area contributed by atoms with E-state index in [1.165, 1.54) is 5.56 Å². The van der Waals surface area contributed by atoms with Crippen molar-refractivity contribution < 1.29 is 0 Å². The molecule has 0 saturated heterocycles. The van der Waals surface area contributed by atoms with E-state index < -0.39 is 0 Å².